The van der Waals surface area contributed by atoms with Gasteiger partial charge >= 0.3 is 0 Å². The number of aryl methyl sites for hydroxylation is 2. The second kappa shape index (κ2) is 5.96. The first kappa shape index (κ1) is 16.5. The first-order valence-corrected chi connectivity index (χ1v) is 9.17. The predicted octanol–water partition coefficient (Wildman–Crippen LogP) is 3.72. The highest BCUT2D eigenvalue weighted by atomic mass is 32.2. The van der Waals surface area contributed by atoms with Gasteiger partial charge in [0.2, 0.25) is 0 Å². The third-order valence-corrected chi connectivity index (χ3v) is 5.41. The third-order valence-electron chi connectivity index (χ3n) is 4.03. The Morgan fingerprint density at radius 2 is 1.75 bits per heavy atom. The van der Waals surface area contributed by atoms with Crippen LogP contribution in [0.1, 0.15) is 23.6 Å². The average Bonchev–Trinajstić information content (AvgIpc) is 2.50. The fraction of sp³-hybridized carbons (Fsp3) is 0.222. The number of anilines is 2. The van der Waals surface area contributed by atoms with Gasteiger partial charge in [0.1, 0.15) is 0 Å². The summed E-state index contributed by atoms with van der Waals surface area (Å²) in [6, 6.07) is 10.0. The fourth-order valence-corrected chi connectivity index (χ4v) is 3.77. The topological polar surface area (TPSA) is 69.6 Å². The van der Waals surface area contributed by atoms with Crippen LogP contribution in [0.15, 0.2) is 47.4 Å². The maximum atomic E-state index is 12.7. The standard InChI is InChI=1S/C18H20N2O3S/c1-12-4-8-16(9-5-12)24(22,23)19-17-11-13(2)10-15-7-6-14(3)20(21)18(15)17/h4-11,14,19,21H,1-3H3. The van der Waals surface area contributed by atoms with Crippen molar-refractivity contribution in [2.45, 2.75) is 31.7 Å². The van der Waals surface area contributed by atoms with E-state index in [-0.39, 0.29) is 10.9 Å². The van der Waals surface area contributed by atoms with E-state index in [1.165, 1.54) is 0 Å². The van der Waals surface area contributed by atoms with Crippen LogP contribution in [0, 0.1) is 13.8 Å². The van der Waals surface area contributed by atoms with E-state index in [9.17, 15) is 13.6 Å². The summed E-state index contributed by atoms with van der Waals surface area (Å²) in [5.74, 6) is 0. The number of benzene rings is 2. The molecule has 2 aromatic rings. The Balaban J connectivity index is 2.06. The second-order valence-electron chi connectivity index (χ2n) is 6.11. The number of hydroxylamine groups is 1. The number of hydrogen-bond acceptors (Lipinski definition) is 4. The van der Waals surface area contributed by atoms with Gasteiger partial charge in [-0.2, -0.15) is 0 Å². The van der Waals surface area contributed by atoms with Crippen molar-refractivity contribution >= 4 is 27.5 Å². The molecule has 0 bridgehead atoms. The number of hydrogen-bond donors (Lipinski definition) is 2. The van der Waals surface area contributed by atoms with Crippen molar-refractivity contribution < 1.29 is 13.6 Å². The minimum absolute atomic E-state index is 0.187. The third kappa shape index (κ3) is 3.02. The van der Waals surface area contributed by atoms with Crippen LogP contribution in [0.2, 0.25) is 0 Å². The lowest BCUT2D eigenvalue weighted by molar-refractivity contribution is 0.238. The highest BCUT2D eigenvalue weighted by molar-refractivity contribution is 7.92. The van der Waals surface area contributed by atoms with Gasteiger partial charge < -0.3 is 0 Å². The molecule has 2 N–H and O–H groups in total. The van der Waals surface area contributed by atoms with Crippen LogP contribution in [-0.4, -0.2) is 19.7 Å². The summed E-state index contributed by atoms with van der Waals surface area (Å²) in [4.78, 5) is 0.187. The molecule has 0 amide bonds. The van der Waals surface area contributed by atoms with Gasteiger partial charge in [-0.25, -0.2) is 13.5 Å². The lowest BCUT2D eigenvalue weighted by Gasteiger charge is -2.30. The molecule has 126 valence electrons. The molecule has 24 heavy (non-hydrogen) atoms. The summed E-state index contributed by atoms with van der Waals surface area (Å²) in [6.45, 7) is 5.62. The van der Waals surface area contributed by atoms with E-state index >= 15 is 0 Å². The van der Waals surface area contributed by atoms with Gasteiger partial charge in [-0.1, -0.05) is 29.8 Å². The van der Waals surface area contributed by atoms with Crippen LogP contribution >= 0.6 is 0 Å². The number of rotatable bonds is 3. The molecule has 5 nitrogen and oxygen atoms in total. The monoisotopic (exact) mass is 344 g/mol. The van der Waals surface area contributed by atoms with Crippen molar-refractivity contribution in [3.63, 3.8) is 0 Å². The second-order valence-corrected chi connectivity index (χ2v) is 7.80. The molecule has 6 heteroatoms. The predicted molar refractivity (Wildman–Crippen MR) is 95.9 cm³/mol. The molecule has 0 fully saturated rings. The van der Waals surface area contributed by atoms with Crippen LogP contribution in [0.3, 0.4) is 0 Å². The van der Waals surface area contributed by atoms with E-state index in [0.29, 0.717) is 11.4 Å². The maximum Gasteiger partial charge on any atom is 0.261 e. The van der Waals surface area contributed by atoms with E-state index in [0.717, 1.165) is 21.8 Å². The quantitative estimate of drug-likeness (QED) is 0.890. The molecular formula is C18H20N2O3S. The number of sulfonamides is 1. The van der Waals surface area contributed by atoms with Gasteiger partial charge in [-0.15, -0.1) is 0 Å². The lowest BCUT2D eigenvalue weighted by Crippen LogP contribution is -2.31. The highest BCUT2D eigenvalue weighted by Gasteiger charge is 2.24. The van der Waals surface area contributed by atoms with E-state index < -0.39 is 10.0 Å². The molecule has 3 rings (SSSR count). The maximum absolute atomic E-state index is 12.7. The lowest BCUT2D eigenvalue weighted by atomic mass is 10.0. The van der Waals surface area contributed by atoms with E-state index in [1.54, 1.807) is 30.3 Å². The Hall–Kier alpha value is -2.31. The first-order chi connectivity index (χ1) is 11.3. The van der Waals surface area contributed by atoms with E-state index in [4.69, 9.17) is 0 Å². The molecule has 1 aliphatic heterocycles. The Morgan fingerprint density at radius 1 is 1.08 bits per heavy atom. The zero-order chi connectivity index (χ0) is 17.5. The summed E-state index contributed by atoms with van der Waals surface area (Å²) in [7, 11) is -3.73. The molecule has 1 unspecified atom stereocenters. The molecule has 0 aliphatic carbocycles. The van der Waals surface area contributed by atoms with Gasteiger partial charge in [-0.05, 0) is 50.6 Å². The zero-order valence-corrected chi connectivity index (χ0v) is 14.6. The van der Waals surface area contributed by atoms with Crippen molar-refractivity contribution in [2.75, 3.05) is 9.79 Å². The van der Waals surface area contributed by atoms with Crippen LogP contribution in [0.4, 0.5) is 11.4 Å². The smallest absolute Gasteiger partial charge is 0.261 e. The van der Waals surface area contributed by atoms with Crippen LogP contribution < -0.4 is 9.79 Å². The molecule has 1 atom stereocenters. The summed E-state index contributed by atoms with van der Waals surface area (Å²) in [5.41, 5.74) is 3.50. The number of fused-ring (bicyclic) bond motifs is 1. The summed E-state index contributed by atoms with van der Waals surface area (Å²) < 4.78 is 27.9. The summed E-state index contributed by atoms with van der Waals surface area (Å²) in [5, 5.41) is 11.4. The summed E-state index contributed by atoms with van der Waals surface area (Å²) in [6.07, 6.45) is 3.75. The van der Waals surface area contributed by atoms with Gasteiger partial charge in [0.15, 0.2) is 0 Å². The minimum atomic E-state index is -3.73. The van der Waals surface area contributed by atoms with Gasteiger partial charge in [-0.3, -0.25) is 9.93 Å². The van der Waals surface area contributed by atoms with Crippen LogP contribution in [0.5, 0.6) is 0 Å². The van der Waals surface area contributed by atoms with Crippen LogP contribution in [0.25, 0.3) is 6.08 Å². The normalized spacial score (nSPS) is 16.8. The largest absolute Gasteiger partial charge is 0.288 e. The Labute approximate surface area is 142 Å². The molecule has 0 saturated heterocycles. The van der Waals surface area contributed by atoms with Crippen molar-refractivity contribution in [1.82, 2.24) is 0 Å². The molecule has 0 saturated carbocycles. The van der Waals surface area contributed by atoms with Crippen molar-refractivity contribution in [1.29, 1.82) is 0 Å². The average molecular weight is 344 g/mol. The van der Waals surface area contributed by atoms with E-state index in [2.05, 4.69) is 4.72 Å². The van der Waals surface area contributed by atoms with Gasteiger partial charge in [0, 0.05) is 5.56 Å². The van der Waals surface area contributed by atoms with Crippen LogP contribution in [-0.2, 0) is 10.0 Å². The van der Waals surface area contributed by atoms with Crippen molar-refractivity contribution in [2.24, 2.45) is 0 Å². The number of nitrogens with zero attached hydrogens (tertiary/aromatic N) is 1. The van der Waals surface area contributed by atoms with Crippen molar-refractivity contribution in [3.8, 4) is 0 Å². The Bertz CT molecular complexity index is 903. The number of nitrogens with one attached hydrogen (secondary N) is 1. The highest BCUT2D eigenvalue weighted by Crippen LogP contribution is 2.37. The molecule has 1 heterocycles. The fourth-order valence-electron chi connectivity index (χ4n) is 2.72. The van der Waals surface area contributed by atoms with Gasteiger partial charge in [0.25, 0.3) is 10.0 Å². The Kier molecular flexibility index (Phi) is 4.11. The first-order valence-electron chi connectivity index (χ1n) is 7.68. The minimum Gasteiger partial charge on any atom is -0.288 e. The molecule has 1 aliphatic rings. The molecule has 0 aromatic heterocycles. The van der Waals surface area contributed by atoms with Crippen molar-refractivity contribution in [3.05, 3.63) is 59.2 Å². The Morgan fingerprint density at radius 3 is 2.42 bits per heavy atom. The SMILES string of the molecule is Cc1ccc(S(=O)(=O)Nc2cc(C)cc3c2N(O)C(C)C=C3)cc1. The molecule has 2 aromatic carbocycles. The van der Waals surface area contributed by atoms with Gasteiger partial charge in [0.05, 0.1) is 22.3 Å². The molecule has 0 spiro atoms. The van der Waals surface area contributed by atoms with E-state index in [1.807, 2.05) is 39.0 Å². The zero-order valence-electron chi connectivity index (χ0n) is 13.8. The molecule has 0 radical (unpaired) electrons. The molecular weight excluding hydrogens is 324 g/mol. The summed E-state index contributed by atoms with van der Waals surface area (Å²) >= 11 is 0.